The van der Waals surface area contributed by atoms with Crippen molar-refractivity contribution in [1.29, 1.82) is 0 Å². The fraction of sp³-hybridized carbons (Fsp3) is 0.474. The lowest BCUT2D eigenvalue weighted by Crippen LogP contribution is -2.52. The summed E-state index contributed by atoms with van der Waals surface area (Å²) < 4.78 is 10.4. The van der Waals surface area contributed by atoms with E-state index in [-0.39, 0.29) is 18.1 Å². The topological polar surface area (TPSA) is 72.8 Å². The summed E-state index contributed by atoms with van der Waals surface area (Å²) in [5.41, 5.74) is -0.272. The van der Waals surface area contributed by atoms with E-state index in [2.05, 4.69) is 0 Å². The molecule has 1 aliphatic carbocycles. The van der Waals surface area contributed by atoms with Gasteiger partial charge in [-0.05, 0) is 43.5 Å². The second kappa shape index (κ2) is 7.18. The number of carbonyl (C=O) groups excluding carboxylic acids is 2. The Morgan fingerprint density at radius 1 is 1.36 bits per heavy atom. The van der Waals surface area contributed by atoms with Gasteiger partial charge in [-0.15, -0.1) is 0 Å². The fourth-order valence-electron chi connectivity index (χ4n) is 3.77. The van der Waals surface area contributed by atoms with E-state index in [1.54, 1.807) is 25.1 Å². The number of aliphatic hydroxyl groups excluding tert-OH is 1. The van der Waals surface area contributed by atoms with Crippen LogP contribution < -0.4 is 0 Å². The van der Waals surface area contributed by atoms with Crippen LogP contribution in [0.25, 0.3) is 0 Å². The molecular formula is C19H21ClO5. The summed E-state index contributed by atoms with van der Waals surface area (Å²) in [6, 6.07) is 7.09. The quantitative estimate of drug-likeness (QED) is 0.833. The van der Waals surface area contributed by atoms with Crippen LogP contribution in [0.3, 0.4) is 0 Å². The number of aliphatic hydroxyl groups is 1. The van der Waals surface area contributed by atoms with Crippen molar-refractivity contribution >= 4 is 23.4 Å². The molecule has 5 nitrogen and oxygen atoms in total. The predicted molar refractivity (Wildman–Crippen MR) is 91.9 cm³/mol. The van der Waals surface area contributed by atoms with Gasteiger partial charge in [-0.25, -0.2) is 4.79 Å². The minimum atomic E-state index is -1.38. The van der Waals surface area contributed by atoms with Gasteiger partial charge in [0.2, 0.25) is 12.0 Å². The van der Waals surface area contributed by atoms with Gasteiger partial charge in [0.25, 0.3) is 0 Å². The number of rotatable bonds is 3. The van der Waals surface area contributed by atoms with E-state index in [4.69, 9.17) is 21.1 Å². The third-order valence-corrected chi connectivity index (χ3v) is 5.27. The van der Waals surface area contributed by atoms with Crippen LogP contribution in [-0.2, 0) is 19.1 Å². The highest BCUT2D eigenvalue weighted by molar-refractivity contribution is 6.30. The first-order valence-electron chi connectivity index (χ1n) is 8.51. The van der Waals surface area contributed by atoms with Crippen LogP contribution in [0.15, 0.2) is 36.1 Å². The number of esters is 1. The van der Waals surface area contributed by atoms with Crippen LogP contribution >= 0.6 is 11.6 Å². The molecule has 1 unspecified atom stereocenters. The summed E-state index contributed by atoms with van der Waals surface area (Å²) in [7, 11) is 0. The van der Waals surface area contributed by atoms with Gasteiger partial charge in [-0.2, -0.15) is 0 Å². The molecular weight excluding hydrogens is 344 g/mol. The Bertz CT molecular complexity index is 696. The summed E-state index contributed by atoms with van der Waals surface area (Å²) in [5.74, 6) is -1.21. The van der Waals surface area contributed by atoms with Crippen LogP contribution in [0.4, 0.5) is 0 Å². The average Bonchev–Trinajstić information content (AvgIpc) is 2.60. The largest absolute Gasteiger partial charge is 0.460 e. The smallest absolute Gasteiger partial charge is 0.373 e. The predicted octanol–water partition coefficient (Wildman–Crippen LogP) is 3.35. The zero-order valence-electron chi connectivity index (χ0n) is 14.0. The Hall–Kier alpha value is -1.85. The van der Waals surface area contributed by atoms with E-state index in [1.807, 2.05) is 12.1 Å². The van der Waals surface area contributed by atoms with E-state index in [0.29, 0.717) is 17.9 Å². The number of hydrogen-bond acceptors (Lipinski definition) is 5. The molecule has 6 heteroatoms. The van der Waals surface area contributed by atoms with Gasteiger partial charge >= 0.3 is 5.97 Å². The average molecular weight is 365 g/mol. The van der Waals surface area contributed by atoms with Gasteiger partial charge < -0.3 is 14.6 Å². The van der Waals surface area contributed by atoms with Crippen molar-refractivity contribution in [3.63, 3.8) is 0 Å². The number of ketones is 1. The third-order valence-electron chi connectivity index (χ3n) is 5.02. The number of halogens is 1. The van der Waals surface area contributed by atoms with E-state index < -0.39 is 23.6 Å². The first-order valence-corrected chi connectivity index (χ1v) is 8.89. The summed E-state index contributed by atoms with van der Waals surface area (Å²) in [5, 5.41) is 11.3. The highest BCUT2D eigenvalue weighted by Gasteiger charge is 2.55. The van der Waals surface area contributed by atoms with Crippen LogP contribution in [0.1, 0.15) is 44.1 Å². The maximum absolute atomic E-state index is 12.8. The molecule has 2 aliphatic rings. The zero-order chi connectivity index (χ0) is 18.0. The molecule has 1 aromatic carbocycles. The first kappa shape index (κ1) is 18.0. The molecule has 1 heterocycles. The normalized spacial score (nSPS) is 29.1. The van der Waals surface area contributed by atoms with E-state index in [1.165, 1.54) is 0 Å². The molecule has 0 radical (unpaired) electrons. The van der Waals surface area contributed by atoms with Gasteiger partial charge in [0.05, 0.1) is 6.61 Å². The second-order valence-corrected chi connectivity index (χ2v) is 6.86. The Morgan fingerprint density at radius 3 is 2.72 bits per heavy atom. The highest BCUT2D eigenvalue weighted by Crippen LogP contribution is 2.52. The maximum atomic E-state index is 12.8. The van der Waals surface area contributed by atoms with E-state index >= 15 is 0 Å². The maximum Gasteiger partial charge on any atom is 0.373 e. The number of hydrogen-bond donors (Lipinski definition) is 1. The van der Waals surface area contributed by atoms with Crippen LogP contribution in [0, 0.1) is 5.41 Å². The highest BCUT2D eigenvalue weighted by atomic mass is 35.5. The third kappa shape index (κ3) is 3.18. The van der Waals surface area contributed by atoms with Crippen LogP contribution in [0.5, 0.6) is 0 Å². The van der Waals surface area contributed by atoms with Crippen molar-refractivity contribution in [1.82, 2.24) is 0 Å². The zero-order valence-corrected chi connectivity index (χ0v) is 14.8. The minimum Gasteiger partial charge on any atom is -0.460 e. The lowest BCUT2D eigenvalue weighted by molar-refractivity contribution is -0.192. The molecule has 1 fully saturated rings. The summed E-state index contributed by atoms with van der Waals surface area (Å²) in [6.07, 6.45) is 2.75. The Balaban J connectivity index is 2.09. The second-order valence-electron chi connectivity index (χ2n) is 6.42. The van der Waals surface area contributed by atoms with Gasteiger partial charge in [0.15, 0.2) is 0 Å². The van der Waals surface area contributed by atoms with Crippen molar-refractivity contribution < 1.29 is 24.2 Å². The molecule has 134 valence electrons. The van der Waals surface area contributed by atoms with Crippen molar-refractivity contribution in [3.8, 4) is 0 Å². The molecule has 1 aromatic rings. The Morgan fingerprint density at radius 2 is 2.08 bits per heavy atom. The van der Waals surface area contributed by atoms with Gasteiger partial charge in [0.1, 0.15) is 11.2 Å². The summed E-state index contributed by atoms with van der Waals surface area (Å²) in [6.45, 7) is 1.89. The standard InChI is InChI=1S/C19H21ClO5/c1-2-24-17(22)15-11-14(12-6-8-13(20)9-7-12)19(18(23)25-15)10-4-3-5-16(19)21/h6-9,11,14,18,23H,2-5,10H2,1H3/t14-,18?,19+/m1/s1. The first-order chi connectivity index (χ1) is 12.0. The fourth-order valence-corrected chi connectivity index (χ4v) is 3.89. The van der Waals surface area contributed by atoms with Crippen molar-refractivity contribution in [2.75, 3.05) is 6.61 Å². The van der Waals surface area contributed by atoms with Gasteiger partial charge in [0, 0.05) is 17.4 Å². The molecule has 3 atom stereocenters. The molecule has 25 heavy (non-hydrogen) atoms. The molecule has 1 spiro atoms. The summed E-state index contributed by atoms with van der Waals surface area (Å²) in [4.78, 5) is 24.9. The lowest BCUT2D eigenvalue weighted by atomic mass is 9.61. The molecule has 0 amide bonds. The Labute approximate surface area is 151 Å². The lowest BCUT2D eigenvalue weighted by Gasteiger charge is -2.46. The van der Waals surface area contributed by atoms with E-state index in [9.17, 15) is 14.7 Å². The molecule has 3 rings (SSSR count). The SMILES string of the molecule is CCOC(=O)C1=C[C@H](c2ccc(Cl)cc2)[C@]2(CCCCC2=O)C(O)O1. The van der Waals surface area contributed by atoms with Crippen molar-refractivity contribution in [2.24, 2.45) is 5.41 Å². The Kier molecular flexibility index (Phi) is 5.16. The van der Waals surface area contributed by atoms with E-state index in [0.717, 1.165) is 18.4 Å². The van der Waals surface area contributed by atoms with Gasteiger partial charge in [-0.1, -0.05) is 30.2 Å². The molecule has 1 saturated carbocycles. The number of ether oxygens (including phenoxy) is 2. The monoisotopic (exact) mass is 364 g/mol. The number of carbonyl (C=O) groups is 2. The minimum absolute atomic E-state index is 0.0367. The number of Topliss-reactive ketones (excluding diaryl/α,β-unsaturated/α-hetero) is 1. The van der Waals surface area contributed by atoms with Crippen LogP contribution in [-0.4, -0.2) is 29.8 Å². The molecule has 1 N–H and O–H groups in total. The molecule has 0 saturated heterocycles. The van der Waals surface area contributed by atoms with Crippen LogP contribution in [0.2, 0.25) is 5.02 Å². The molecule has 1 aliphatic heterocycles. The molecule has 0 bridgehead atoms. The van der Waals surface area contributed by atoms with Gasteiger partial charge in [-0.3, -0.25) is 4.79 Å². The van der Waals surface area contributed by atoms with Crippen molar-refractivity contribution in [3.05, 3.63) is 46.7 Å². The number of allylic oxidation sites excluding steroid dienone is 1. The molecule has 0 aromatic heterocycles. The van der Waals surface area contributed by atoms with Crippen molar-refractivity contribution in [2.45, 2.75) is 44.8 Å². The number of benzene rings is 1. The summed E-state index contributed by atoms with van der Waals surface area (Å²) >= 11 is 5.98.